The van der Waals surface area contributed by atoms with E-state index in [1.165, 1.54) is 6.07 Å². The second-order valence-corrected chi connectivity index (χ2v) is 3.21. The van der Waals surface area contributed by atoms with E-state index < -0.39 is 24.5 Å². The second-order valence-electron chi connectivity index (χ2n) is 3.21. The Kier molecular flexibility index (Phi) is 3.96. The van der Waals surface area contributed by atoms with Gasteiger partial charge in [0.15, 0.2) is 6.04 Å². The lowest BCUT2D eigenvalue weighted by atomic mass is 10.2. The summed E-state index contributed by atoms with van der Waals surface area (Å²) in [7, 11) is 0. The van der Waals surface area contributed by atoms with Gasteiger partial charge in [0.25, 0.3) is 5.91 Å². The van der Waals surface area contributed by atoms with Crippen molar-refractivity contribution in [3.63, 3.8) is 0 Å². The smallest absolute Gasteiger partial charge is 0.328 e. The standard InChI is InChI=1S/C10H12N2O4/c1-6-3-2-4-7(11-6)9(14)12-8(5-13)10(15)16/h2-4,8,13H,5H2,1H3,(H,12,14)(H,15,16). The minimum atomic E-state index is -1.31. The topological polar surface area (TPSA) is 99.5 Å². The Bertz CT molecular complexity index is 406. The maximum absolute atomic E-state index is 11.5. The first-order valence-electron chi connectivity index (χ1n) is 4.62. The van der Waals surface area contributed by atoms with Crippen molar-refractivity contribution in [3.05, 3.63) is 29.6 Å². The van der Waals surface area contributed by atoms with E-state index in [0.717, 1.165) is 0 Å². The molecule has 0 saturated heterocycles. The van der Waals surface area contributed by atoms with Crippen LogP contribution in [-0.4, -0.2) is 39.7 Å². The van der Waals surface area contributed by atoms with Crippen molar-refractivity contribution in [1.82, 2.24) is 10.3 Å². The fourth-order valence-corrected chi connectivity index (χ4v) is 1.09. The normalized spacial score (nSPS) is 11.9. The molecule has 1 rings (SSSR count). The van der Waals surface area contributed by atoms with Gasteiger partial charge < -0.3 is 15.5 Å². The molecule has 0 aliphatic carbocycles. The van der Waals surface area contributed by atoms with Gasteiger partial charge in [-0.1, -0.05) is 6.07 Å². The zero-order chi connectivity index (χ0) is 12.1. The Hall–Kier alpha value is -1.95. The SMILES string of the molecule is Cc1cccc(C(=O)NC(CO)C(=O)O)n1. The Morgan fingerprint density at radius 2 is 2.19 bits per heavy atom. The lowest BCUT2D eigenvalue weighted by Crippen LogP contribution is -2.43. The number of carbonyl (C=O) groups is 2. The van der Waals surface area contributed by atoms with E-state index in [4.69, 9.17) is 10.2 Å². The number of carboxylic acids is 1. The lowest BCUT2D eigenvalue weighted by Gasteiger charge is -2.11. The Labute approximate surface area is 91.9 Å². The number of aromatic nitrogens is 1. The number of nitrogens with one attached hydrogen (secondary N) is 1. The molecular formula is C10H12N2O4. The van der Waals surface area contributed by atoms with Gasteiger partial charge in [-0.15, -0.1) is 0 Å². The zero-order valence-corrected chi connectivity index (χ0v) is 8.67. The van der Waals surface area contributed by atoms with Gasteiger partial charge in [0, 0.05) is 5.69 Å². The van der Waals surface area contributed by atoms with E-state index in [-0.39, 0.29) is 5.69 Å². The highest BCUT2D eigenvalue weighted by atomic mass is 16.4. The molecule has 16 heavy (non-hydrogen) atoms. The maximum atomic E-state index is 11.5. The van der Waals surface area contributed by atoms with Crippen LogP contribution >= 0.6 is 0 Å². The second kappa shape index (κ2) is 5.22. The molecule has 6 heteroatoms. The molecule has 0 radical (unpaired) electrons. The van der Waals surface area contributed by atoms with Gasteiger partial charge >= 0.3 is 5.97 Å². The van der Waals surface area contributed by atoms with Crippen LogP contribution in [-0.2, 0) is 4.79 Å². The van der Waals surface area contributed by atoms with E-state index in [1.54, 1.807) is 19.1 Å². The van der Waals surface area contributed by atoms with Crippen molar-refractivity contribution in [2.45, 2.75) is 13.0 Å². The molecule has 0 saturated carbocycles. The summed E-state index contributed by atoms with van der Waals surface area (Å²) >= 11 is 0. The van der Waals surface area contributed by atoms with Gasteiger partial charge in [-0.2, -0.15) is 0 Å². The number of rotatable bonds is 4. The minimum Gasteiger partial charge on any atom is -0.480 e. The van der Waals surface area contributed by atoms with Crippen LogP contribution in [0.25, 0.3) is 0 Å². The minimum absolute atomic E-state index is 0.125. The third-order valence-corrected chi connectivity index (χ3v) is 1.91. The molecule has 0 spiro atoms. The molecule has 1 atom stereocenters. The molecule has 1 heterocycles. The summed E-state index contributed by atoms with van der Waals surface area (Å²) in [5.74, 6) is -1.91. The molecule has 6 nitrogen and oxygen atoms in total. The number of aliphatic hydroxyl groups is 1. The summed E-state index contributed by atoms with van der Waals surface area (Å²) in [5.41, 5.74) is 0.781. The molecule has 0 aliphatic heterocycles. The van der Waals surface area contributed by atoms with E-state index in [0.29, 0.717) is 5.69 Å². The summed E-state index contributed by atoms with van der Waals surface area (Å²) in [4.78, 5) is 26.0. The molecule has 1 aromatic rings. The number of carboxylic acid groups (broad SMARTS) is 1. The number of aliphatic carboxylic acids is 1. The van der Waals surface area contributed by atoms with Crippen LogP contribution in [0.1, 0.15) is 16.2 Å². The van der Waals surface area contributed by atoms with Crippen LogP contribution in [0.2, 0.25) is 0 Å². The summed E-state index contributed by atoms with van der Waals surface area (Å²) in [6, 6.07) is 3.53. The number of hydrogen-bond acceptors (Lipinski definition) is 4. The predicted molar refractivity (Wildman–Crippen MR) is 54.9 cm³/mol. The van der Waals surface area contributed by atoms with Crippen LogP contribution in [0.15, 0.2) is 18.2 Å². The summed E-state index contributed by atoms with van der Waals surface area (Å²) in [5, 5.41) is 19.5. The van der Waals surface area contributed by atoms with Gasteiger partial charge in [0.05, 0.1) is 6.61 Å². The highest BCUT2D eigenvalue weighted by Crippen LogP contribution is 1.98. The number of carbonyl (C=O) groups excluding carboxylic acids is 1. The first kappa shape index (κ1) is 12.1. The number of amides is 1. The van der Waals surface area contributed by atoms with E-state index in [9.17, 15) is 9.59 Å². The molecule has 1 amide bonds. The summed E-state index contributed by atoms with van der Waals surface area (Å²) in [6.07, 6.45) is 0. The molecule has 86 valence electrons. The van der Waals surface area contributed by atoms with Crippen LogP contribution in [0, 0.1) is 6.92 Å². The predicted octanol–water partition coefficient (Wildman–Crippen LogP) is -0.435. The summed E-state index contributed by atoms with van der Waals surface area (Å²) in [6.45, 7) is 1.06. The van der Waals surface area contributed by atoms with Crippen molar-refractivity contribution >= 4 is 11.9 Å². The van der Waals surface area contributed by atoms with Gasteiger partial charge in [-0.05, 0) is 19.1 Å². The molecule has 1 aromatic heterocycles. The van der Waals surface area contributed by atoms with Crippen molar-refractivity contribution in [3.8, 4) is 0 Å². The molecule has 1 unspecified atom stereocenters. The molecule has 0 aliphatic rings. The van der Waals surface area contributed by atoms with E-state index in [1.807, 2.05) is 0 Å². The third kappa shape index (κ3) is 3.03. The lowest BCUT2D eigenvalue weighted by molar-refractivity contribution is -0.140. The van der Waals surface area contributed by atoms with Gasteiger partial charge in [-0.25, -0.2) is 9.78 Å². The van der Waals surface area contributed by atoms with Crippen LogP contribution < -0.4 is 5.32 Å². The number of aryl methyl sites for hydroxylation is 1. The Morgan fingerprint density at radius 1 is 1.50 bits per heavy atom. The van der Waals surface area contributed by atoms with Crippen molar-refractivity contribution in [2.24, 2.45) is 0 Å². The molecule has 0 aromatic carbocycles. The van der Waals surface area contributed by atoms with Crippen LogP contribution in [0.4, 0.5) is 0 Å². The van der Waals surface area contributed by atoms with Crippen molar-refractivity contribution in [2.75, 3.05) is 6.61 Å². The molecule has 0 bridgehead atoms. The van der Waals surface area contributed by atoms with E-state index >= 15 is 0 Å². The first-order chi connectivity index (χ1) is 7.54. The Balaban J connectivity index is 2.75. The highest BCUT2D eigenvalue weighted by molar-refractivity contribution is 5.94. The average Bonchev–Trinajstić information content (AvgIpc) is 2.25. The number of pyridine rings is 1. The van der Waals surface area contributed by atoms with Crippen LogP contribution in [0.5, 0.6) is 0 Å². The van der Waals surface area contributed by atoms with Gasteiger partial charge in [0.1, 0.15) is 5.69 Å². The number of nitrogens with zero attached hydrogens (tertiary/aromatic N) is 1. The van der Waals surface area contributed by atoms with Crippen molar-refractivity contribution in [1.29, 1.82) is 0 Å². The highest BCUT2D eigenvalue weighted by Gasteiger charge is 2.19. The number of aliphatic hydroxyl groups excluding tert-OH is 1. The zero-order valence-electron chi connectivity index (χ0n) is 8.67. The monoisotopic (exact) mass is 224 g/mol. The van der Waals surface area contributed by atoms with E-state index in [2.05, 4.69) is 10.3 Å². The average molecular weight is 224 g/mol. The fourth-order valence-electron chi connectivity index (χ4n) is 1.09. The Morgan fingerprint density at radius 3 is 2.69 bits per heavy atom. The molecule has 0 fully saturated rings. The summed E-state index contributed by atoms with van der Waals surface area (Å²) < 4.78 is 0. The first-order valence-corrected chi connectivity index (χ1v) is 4.62. The van der Waals surface area contributed by atoms with Crippen LogP contribution in [0.3, 0.4) is 0 Å². The maximum Gasteiger partial charge on any atom is 0.328 e. The largest absolute Gasteiger partial charge is 0.480 e. The van der Waals surface area contributed by atoms with Gasteiger partial charge in [-0.3, -0.25) is 4.79 Å². The number of hydrogen-bond donors (Lipinski definition) is 3. The molecule has 3 N–H and O–H groups in total. The molecular weight excluding hydrogens is 212 g/mol. The fraction of sp³-hybridized carbons (Fsp3) is 0.300. The third-order valence-electron chi connectivity index (χ3n) is 1.91. The van der Waals surface area contributed by atoms with Crippen molar-refractivity contribution < 1.29 is 19.8 Å². The quantitative estimate of drug-likeness (QED) is 0.644. The van der Waals surface area contributed by atoms with Gasteiger partial charge in [0.2, 0.25) is 0 Å².